The van der Waals surface area contributed by atoms with E-state index in [1.807, 2.05) is 54.6 Å². The van der Waals surface area contributed by atoms with Crippen molar-refractivity contribution in [3.8, 4) is 17.1 Å². The van der Waals surface area contributed by atoms with Crippen molar-refractivity contribution >= 4 is 52.8 Å². The molecule has 0 bridgehead atoms. The number of nitrogens with zero attached hydrogens (tertiary/aromatic N) is 3. The zero-order chi connectivity index (χ0) is 40.6. The van der Waals surface area contributed by atoms with Gasteiger partial charge in [-0.3, -0.25) is 14.4 Å². The summed E-state index contributed by atoms with van der Waals surface area (Å²) in [5.41, 5.74) is 3.09. The number of ketones is 1. The van der Waals surface area contributed by atoms with Crippen LogP contribution >= 0.6 is 11.6 Å². The number of hydrogen-bond acceptors (Lipinski definition) is 10. The van der Waals surface area contributed by atoms with E-state index in [4.69, 9.17) is 16.3 Å². The maximum Gasteiger partial charge on any atom is 0.422 e. The molecule has 57 heavy (non-hydrogen) atoms. The molecule has 1 atom stereocenters. The number of carboxylic acids is 1. The molecule has 0 aliphatic heterocycles. The molecule has 1 aliphatic carbocycles. The van der Waals surface area contributed by atoms with Gasteiger partial charge in [0.15, 0.2) is 6.61 Å². The predicted molar refractivity (Wildman–Crippen MR) is 204 cm³/mol. The second-order valence-corrected chi connectivity index (χ2v) is 13.6. The van der Waals surface area contributed by atoms with Crippen LogP contribution in [0.2, 0.25) is 5.02 Å². The Morgan fingerprint density at radius 1 is 0.842 bits per heavy atom. The number of carboxylic acid groups (broad SMARTS) is 1. The van der Waals surface area contributed by atoms with Crippen LogP contribution in [0.15, 0.2) is 103 Å². The summed E-state index contributed by atoms with van der Waals surface area (Å²) in [4.78, 5) is 62.7. The van der Waals surface area contributed by atoms with Crippen molar-refractivity contribution in [3.63, 3.8) is 0 Å². The number of aliphatic carboxylic acids is 1. The topological polar surface area (TPSA) is 185 Å². The SMILES string of the molecule is O=C(Cc1ccccc1-c1ccccc1)C(=O)NCC[C@@H](NC(=O)c1ccc(Nc2nc(NC3(c4ccc(Cl)cc4)CC3)nc(OCC(F)(F)F)n2)cc1)C(=O)O. The minimum atomic E-state index is -4.64. The second kappa shape index (κ2) is 17.5. The molecule has 13 nitrogen and oxygen atoms in total. The summed E-state index contributed by atoms with van der Waals surface area (Å²) in [7, 11) is 0. The number of nitrogens with one attached hydrogen (secondary N) is 4. The third-order valence-corrected chi connectivity index (χ3v) is 9.16. The Hall–Kier alpha value is -6.55. The molecular weight excluding hydrogens is 767 g/mol. The highest BCUT2D eigenvalue weighted by Gasteiger charge is 2.45. The molecule has 2 amide bonds. The van der Waals surface area contributed by atoms with Crippen molar-refractivity contribution in [3.05, 3.63) is 125 Å². The third kappa shape index (κ3) is 11.0. The largest absolute Gasteiger partial charge is 0.480 e. The van der Waals surface area contributed by atoms with Crippen molar-refractivity contribution in [1.29, 1.82) is 0 Å². The van der Waals surface area contributed by atoms with Crippen LogP contribution in [0, 0.1) is 0 Å². The number of anilines is 3. The van der Waals surface area contributed by atoms with Gasteiger partial charge in [-0.2, -0.15) is 28.1 Å². The molecule has 0 unspecified atom stereocenters. The maximum atomic E-state index is 13.0. The Kier molecular flexibility index (Phi) is 12.3. The Morgan fingerprint density at radius 2 is 1.51 bits per heavy atom. The molecule has 0 saturated heterocycles. The van der Waals surface area contributed by atoms with E-state index in [2.05, 4.69) is 36.2 Å². The number of halogens is 4. The van der Waals surface area contributed by atoms with Gasteiger partial charge in [0.25, 0.3) is 11.8 Å². The summed E-state index contributed by atoms with van der Waals surface area (Å²) in [6, 6.07) is 27.4. The van der Waals surface area contributed by atoms with Crippen LogP contribution in [-0.2, 0) is 26.3 Å². The number of rotatable bonds is 17. The predicted octanol–water partition coefficient (Wildman–Crippen LogP) is 6.48. The van der Waals surface area contributed by atoms with E-state index in [0.29, 0.717) is 29.1 Å². The number of benzene rings is 4. The molecule has 0 spiro atoms. The van der Waals surface area contributed by atoms with Gasteiger partial charge >= 0.3 is 18.2 Å². The Bertz CT molecular complexity index is 2240. The number of carbonyl (C=O) groups excluding carboxylic acids is 3. The van der Waals surface area contributed by atoms with Gasteiger partial charge in [-0.25, -0.2) is 4.79 Å². The molecule has 5 N–H and O–H groups in total. The first-order valence-corrected chi connectivity index (χ1v) is 18.0. The third-order valence-electron chi connectivity index (χ3n) is 8.91. The van der Waals surface area contributed by atoms with Gasteiger partial charge in [-0.05, 0) is 77.9 Å². The minimum absolute atomic E-state index is 0.0400. The average Bonchev–Trinajstić information content (AvgIpc) is 3.97. The lowest BCUT2D eigenvalue weighted by Gasteiger charge is -2.19. The first-order valence-electron chi connectivity index (χ1n) is 17.6. The second-order valence-electron chi connectivity index (χ2n) is 13.1. The highest BCUT2D eigenvalue weighted by Crippen LogP contribution is 2.48. The Balaban J connectivity index is 1.05. The van der Waals surface area contributed by atoms with E-state index in [0.717, 1.165) is 16.7 Å². The van der Waals surface area contributed by atoms with Gasteiger partial charge in [0, 0.05) is 29.2 Å². The number of alkyl halides is 3. The number of ether oxygens (including phenoxy) is 1. The van der Waals surface area contributed by atoms with Crippen LogP contribution < -0.4 is 26.0 Å². The number of Topliss-reactive ketones (excluding diaryl/α,β-unsaturated/α-hetero) is 1. The monoisotopic (exact) mass is 801 g/mol. The fourth-order valence-electron chi connectivity index (χ4n) is 5.86. The van der Waals surface area contributed by atoms with Crippen molar-refractivity contribution in [2.24, 2.45) is 0 Å². The van der Waals surface area contributed by atoms with Crippen LogP contribution in [-0.4, -0.2) is 69.0 Å². The van der Waals surface area contributed by atoms with Crippen LogP contribution in [0.5, 0.6) is 6.01 Å². The molecule has 1 saturated carbocycles. The lowest BCUT2D eigenvalue weighted by molar-refractivity contribution is -0.154. The fraction of sp³-hybridized carbons (Fsp3) is 0.225. The zero-order valence-electron chi connectivity index (χ0n) is 30.0. The molecule has 1 aromatic heterocycles. The summed E-state index contributed by atoms with van der Waals surface area (Å²) in [6.07, 6.45) is -3.62. The van der Waals surface area contributed by atoms with Crippen LogP contribution in [0.4, 0.5) is 30.8 Å². The lowest BCUT2D eigenvalue weighted by atomic mass is 9.96. The summed E-state index contributed by atoms with van der Waals surface area (Å²) in [6.45, 7) is -1.84. The molecule has 1 aliphatic rings. The first kappa shape index (κ1) is 40.1. The van der Waals surface area contributed by atoms with Crippen LogP contribution in [0.3, 0.4) is 0 Å². The van der Waals surface area contributed by atoms with Gasteiger partial charge < -0.3 is 31.1 Å². The normalized spacial score (nSPS) is 13.5. The van der Waals surface area contributed by atoms with E-state index in [1.165, 1.54) is 24.3 Å². The smallest absolute Gasteiger partial charge is 0.422 e. The highest BCUT2D eigenvalue weighted by molar-refractivity contribution is 6.36. The first-order chi connectivity index (χ1) is 27.3. The van der Waals surface area contributed by atoms with Crippen molar-refractivity contribution in [2.75, 3.05) is 23.8 Å². The molecule has 1 fully saturated rings. The summed E-state index contributed by atoms with van der Waals surface area (Å²) < 4.78 is 43.7. The molecule has 1 heterocycles. The quantitative estimate of drug-likeness (QED) is 0.0649. The molecule has 294 valence electrons. The zero-order valence-corrected chi connectivity index (χ0v) is 30.7. The van der Waals surface area contributed by atoms with Gasteiger partial charge in [0.05, 0.1) is 5.54 Å². The van der Waals surface area contributed by atoms with Crippen molar-refractivity contribution < 1.29 is 42.2 Å². The molecule has 6 rings (SSSR count). The standard InChI is InChI=1S/C40H35ClF3N7O6/c41-28-14-12-27(13-15-28)39(19-20-39)51-37-48-36(49-38(50-37)57-23-40(42,43)44)46-29-16-10-25(11-17-29)33(53)47-31(35(55)56)18-21-45-34(54)32(52)22-26-8-4-5-9-30(26)24-6-2-1-3-7-24/h1-17,31H,18-23H2,(H,45,54)(H,47,53)(H,55,56)(H2,46,48,49,50,51)/t31-/m1/s1. The van der Waals surface area contributed by atoms with Crippen LogP contribution in [0.1, 0.15) is 40.7 Å². The lowest BCUT2D eigenvalue weighted by Crippen LogP contribution is -2.43. The number of hydrogen-bond donors (Lipinski definition) is 5. The van der Waals surface area contributed by atoms with E-state index >= 15 is 0 Å². The number of amides is 2. The molecule has 4 aromatic carbocycles. The number of aromatic nitrogens is 3. The van der Waals surface area contributed by atoms with Gasteiger partial charge in [0.2, 0.25) is 17.7 Å². The molecular formula is C40H35ClF3N7O6. The van der Waals surface area contributed by atoms with E-state index < -0.39 is 53.9 Å². The summed E-state index contributed by atoms with van der Waals surface area (Å²) in [5.74, 6) is -3.87. The summed E-state index contributed by atoms with van der Waals surface area (Å²) in [5, 5.41) is 21.2. The van der Waals surface area contributed by atoms with Gasteiger partial charge in [-0.1, -0.05) is 78.3 Å². The Morgan fingerprint density at radius 3 is 2.18 bits per heavy atom. The maximum absolute atomic E-state index is 13.0. The van der Waals surface area contributed by atoms with Crippen molar-refractivity contribution in [1.82, 2.24) is 25.6 Å². The van der Waals surface area contributed by atoms with Gasteiger partial charge in [0.1, 0.15) is 6.04 Å². The van der Waals surface area contributed by atoms with Crippen LogP contribution in [0.25, 0.3) is 11.1 Å². The molecule has 17 heteroatoms. The minimum Gasteiger partial charge on any atom is -0.480 e. The van der Waals surface area contributed by atoms with E-state index in [9.17, 15) is 37.5 Å². The van der Waals surface area contributed by atoms with Gasteiger partial charge in [-0.15, -0.1) is 0 Å². The van der Waals surface area contributed by atoms with Crippen molar-refractivity contribution in [2.45, 2.75) is 43.4 Å². The van der Waals surface area contributed by atoms with E-state index in [-0.39, 0.29) is 36.8 Å². The van der Waals surface area contributed by atoms with E-state index in [1.54, 1.807) is 24.3 Å². The number of carbonyl (C=O) groups is 4. The molecule has 5 aromatic rings. The average molecular weight is 802 g/mol. The highest BCUT2D eigenvalue weighted by atomic mass is 35.5. The molecule has 0 radical (unpaired) electrons. The fourth-order valence-corrected chi connectivity index (χ4v) is 5.99. The Labute approximate surface area is 329 Å². The summed E-state index contributed by atoms with van der Waals surface area (Å²) >= 11 is 6.03.